The predicted octanol–water partition coefficient (Wildman–Crippen LogP) is 0.162. The van der Waals surface area contributed by atoms with Gasteiger partial charge in [0.05, 0.1) is 12.7 Å². The molecule has 1 rings (SSSR count). The Labute approximate surface area is 103 Å². The van der Waals surface area contributed by atoms with Crippen molar-refractivity contribution in [3.8, 4) is 0 Å². The van der Waals surface area contributed by atoms with E-state index in [2.05, 4.69) is 5.32 Å². The Hall–Kier alpha value is -0.650. The lowest BCUT2D eigenvalue weighted by Gasteiger charge is -2.32. The molecule has 1 atom stereocenters. The average Bonchev–Trinajstić information content (AvgIpc) is 2.27. The molecule has 100 valence electrons. The lowest BCUT2D eigenvalue weighted by molar-refractivity contribution is -0.123. The van der Waals surface area contributed by atoms with Gasteiger partial charge in [0, 0.05) is 25.6 Å². The molecule has 4 N–H and O–H groups in total. The number of hydrogen-bond acceptors (Lipinski definition) is 4. The third-order valence-electron chi connectivity index (χ3n) is 3.26. The Kier molecular flexibility index (Phi) is 5.88. The summed E-state index contributed by atoms with van der Waals surface area (Å²) >= 11 is 0. The molecule has 5 nitrogen and oxygen atoms in total. The van der Waals surface area contributed by atoms with Gasteiger partial charge < -0.3 is 20.9 Å². The fraction of sp³-hybridized carbons (Fsp3) is 0.917. The summed E-state index contributed by atoms with van der Waals surface area (Å²) in [5.41, 5.74) is 5.84. The highest BCUT2D eigenvalue weighted by Gasteiger charge is 2.29. The zero-order valence-corrected chi connectivity index (χ0v) is 10.6. The first-order valence-corrected chi connectivity index (χ1v) is 6.28. The predicted molar refractivity (Wildman–Crippen MR) is 65.5 cm³/mol. The number of nitrogens with one attached hydrogen (secondary N) is 1. The number of aliphatic hydroxyl groups is 1. The second-order valence-electron chi connectivity index (χ2n) is 5.01. The van der Waals surface area contributed by atoms with Crippen LogP contribution < -0.4 is 11.1 Å². The van der Waals surface area contributed by atoms with Gasteiger partial charge in [-0.1, -0.05) is 19.3 Å². The van der Waals surface area contributed by atoms with Crippen LogP contribution >= 0.6 is 0 Å². The van der Waals surface area contributed by atoms with Crippen molar-refractivity contribution in [2.45, 2.75) is 50.2 Å². The van der Waals surface area contributed by atoms with Gasteiger partial charge >= 0.3 is 0 Å². The standard InChI is InChI=1S/C12H24N2O3/c1-17-9-10(15)8-14-11(16)7-12(13)5-3-2-4-6-12/h10,15H,2-9,13H2,1H3,(H,14,16). The largest absolute Gasteiger partial charge is 0.389 e. The van der Waals surface area contributed by atoms with E-state index >= 15 is 0 Å². The Morgan fingerprint density at radius 2 is 2.12 bits per heavy atom. The minimum Gasteiger partial charge on any atom is -0.389 e. The highest BCUT2D eigenvalue weighted by atomic mass is 16.5. The van der Waals surface area contributed by atoms with Crippen LogP contribution in [0.5, 0.6) is 0 Å². The first-order valence-electron chi connectivity index (χ1n) is 6.28. The number of nitrogens with two attached hydrogens (primary N) is 1. The van der Waals surface area contributed by atoms with Crippen LogP contribution in [-0.2, 0) is 9.53 Å². The van der Waals surface area contributed by atoms with Crippen molar-refractivity contribution in [2.75, 3.05) is 20.3 Å². The topological polar surface area (TPSA) is 84.6 Å². The minimum absolute atomic E-state index is 0.0791. The van der Waals surface area contributed by atoms with Crippen molar-refractivity contribution in [1.29, 1.82) is 0 Å². The average molecular weight is 244 g/mol. The minimum atomic E-state index is -0.649. The number of methoxy groups -OCH3 is 1. The molecule has 0 aliphatic heterocycles. The van der Waals surface area contributed by atoms with Gasteiger partial charge in [0.15, 0.2) is 0 Å². The van der Waals surface area contributed by atoms with Crippen molar-refractivity contribution in [3.05, 3.63) is 0 Å². The Balaban J connectivity index is 2.24. The molecule has 0 aromatic rings. The second kappa shape index (κ2) is 6.93. The first kappa shape index (κ1) is 14.4. The van der Waals surface area contributed by atoms with E-state index in [0.29, 0.717) is 6.42 Å². The lowest BCUT2D eigenvalue weighted by atomic mass is 9.80. The first-order chi connectivity index (χ1) is 8.06. The Bertz CT molecular complexity index is 240. The fourth-order valence-electron chi connectivity index (χ4n) is 2.30. The Morgan fingerprint density at radius 1 is 1.47 bits per heavy atom. The molecule has 0 saturated heterocycles. The van der Waals surface area contributed by atoms with Gasteiger partial charge in [0.25, 0.3) is 0 Å². The van der Waals surface area contributed by atoms with Gasteiger partial charge in [-0.25, -0.2) is 0 Å². The monoisotopic (exact) mass is 244 g/mol. The van der Waals surface area contributed by atoms with Crippen LogP contribution in [0, 0.1) is 0 Å². The number of carbonyl (C=O) groups is 1. The number of aliphatic hydroxyl groups excluding tert-OH is 1. The number of hydrogen-bond donors (Lipinski definition) is 3. The Morgan fingerprint density at radius 3 is 2.71 bits per heavy atom. The highest BCUT2D eigenvalue weighted by molar-refractivity contribution is 5.77. The summed E-state index contributed by atoms with van der Waals surface area (Å²) in [6, 6.07) is 0. The molecular weight excluding hydrogens is 220 g/mol. The molecule has 1 aliphatic carbocycles. The van der Waals surface area contributed by atoms with E-state index in [1.54, 1.807) is 0 Å². The summed E-state index contributed by atoms with van der Waals surface area (Å²) in [6.07, 6.45) is 4.97. The number of ether oxygens (including phenoxy) is 1. The van der Waals surface area contributed by atoms with Crippen molar-refractivity contribution >= 4 is 5.91 Å². The van der Waals surface area contributed by atoms with Crippen LogP contribution in [0.15, 0.2) is 0 Å². The second-order valence-corrected chi connectivity index (χ2v) is 5.01. The van der Waals surface area contributed by atoms with Gasteiger partial charge in [-0.2, -0.15) is 0 Å². The molecule has 1 fully saturated rings. The number of rotatable bonds is 6. The van der Waals surface area contributed by atoms with Crippen LogP contribution in [0.2, 0.25) is 0 Å². The summed E-state index contributed by atoms with van der Waals surface area (Å²) in [4.78, 5) is 11.7. The molecule has 17 heavy (non-hydrogen) atoms. The maximum Gasteiger partial charge on any atom is 0.221 e. The van der Waals surface area contributed by atoms with E-state index in [-0.39, 0.29) is 24.6 Å². The number of carbonyl (C=O) groups excluding carboxylic acids is 1. The van der Waals surface area contributed by atoms with Crippen LogP contribution in [0.4, 0.5) is 0 Å². The SMILES string of the molecule is COCC(O)CNC(=O)CC1(N)CCCCC1. The lowest BCUT2D eigenvalue weighted by Crippen LogP contribution is -2.47. The van der Waals surface area contributed by atoms with Crippen LogP contribution in [-0.4, -0.2) is 42.9 Å². The summed E-state index contributed by atoms with van der Waals surface area (Å²) in [5.74, 6) is -0.0791. The molecule has 5 heteroatoms. The molecule has 0 aromatic carbocycles. The van der Waals surface area contributed by atoms with E-state index in [1.165, 1.54) is 13.5 Å². The molecule has 1 amide bonds. The van der Waals surface area contributed by atoms with E-state index in [0.717, 1.165) is 25.7 Å². The highest BCUT2D eigenvalue weighted by Crippen LogP contribution is 2.28. The number of amides is 1. The summed E-state index contributed by atoms with van der Waals surface area (Å²) in [5, 5.41) is 12.1. The maximum absolute atomic E-state index is 11.7. The molecule has 0 heterocycles. The fourth-order valence-corrected chi connectivity index (χ4v) is 2.30. The molecule has 0 spiro atoms. The van der Waals surface area contributed by atoms with Crippen LogP contribution in [0.25, 0.3) is 0 Å². The van der Waals surface area contributed by atoms with Crippen molar-refractivity contribution < 1.29 is 14.6 Å². The van der Waals surface area contributed by atoms with Gasteiger partial charge in [-0.05, 0) is 12.8 Å². The van der Waals surface area contributed by atoms with Gasteiger partial charge in [-0.3, -0.25) is 4.79 Å². The smallest absolute Gasteiger partial charge is 0.221 e. The molecule has 1 unspecified atom stereocenters. The maximum atomic E-state index is 11.7. The van der Waals surface area contributed by atoms with Crippen molar-refractivity contribution in [1.82, 2.24) is 5.32 Å². The van der Waals surface area contributed by atoms with E-state index in [9.17, 15) is 9.90 Å². The van der Waals surface area contributed by atoms with E-state index < -0.39 is 6.10 Å². The molecule has 1 aliphatic rings. The van der Waals surface area contributed by atoms with E-state index in [4.69, 9.17) is 10.5 Å². The van der Waals surface area contributed by atoms with Gasteiger partial charge in [-0.15, -0.1) is 0 Å². The third-order valence-corrected chi connectivity index (χ3v) is 3.26. The molecule has 0 bridgehead atoms. The third kappa shape index (κ3) is 5.48. The molecule has 0 aromatic heterocycles. The quantitative estimate of drug-likeness (QED) is 0.621. The molecule has 0 radical (unpaired) electrons. The van der Waals surface area contributed by atoms with E-state index in [1.807, 2.05) is 0 Å². The summed E-state index contributed by atoms with van der Waals surface area (Å²) in [6.45, 7) is 0.455. The zero-order valence-electron chi connectivity index (χ0n) is 10.6. The summed E-state index contributed by atoms with van der Waals surface area (Å²) < 4.78 is 4.78. The molecule has 1 saturated carbocycles. The van der Waals surface area contributed by atoms with Crippen LogP contribution in [0.1, 0.15) is 38.5 Å². The van der Waals surface area contributed by atoms with Gasteiger partial charge in [0.2, 0.25) is 5.91 Å². The molecular formula is C12H24N2O3. The zero-order chi connectivity index (χ0) is 12.7. The van der Waals surface area contributed by atoms with Gasteiger partial charge in [0.1, 0.15) is 0 Å². The summed E-state index contributed by atoms with van der Waals surface area (Å²) in [7, 11) is 1.52. The van der Waals surface area contributed by atoms with Crippen molar-refractivity contribution in [3.63, 3.8) is 0 Å². The van der Waals surface area contributed by atoms with Crippen molar-refractivity contribution in [2.24, 2.45) is 5.73 Å². The normalized spacial score (nSPS) is 20.9. The van der Waals surface area contributed by atoms with Crippen LogP contribution in [0.3, 0.4) is 0 Å².